The monoisotopic (exact) mass is 250 g/mol. The summed E-state index contributed by atoms with van der Waals surface area (Å²) in [5, 5.41) is 10.5. The van der Waals surface area contributed by atoms with Crippen LogP contribution in [0.1, 0.15) is 64.2 Å². The highest BCUT2D eigenvalue weighted by molar-refractivity contribution is 5.07. The van der Waals surface area contributed by atoms with Gasteiger partial charge >= 0.3 is 0 Å². The van der Waals surface area contributed by atoms with Gasteiger partial charge in [-0.25, -0.2) is 0 Å². The van der Waals surface area contributed by atoms with Crippen LogP contribution in [0.2, 0.25) is 0 Å². The summed E-state index contributed by atoms with van der Waals surface area (Å²) < 4.78 is 5.95. The fourth-order valence-corrected chi connectivity index (χ4v) is 3.84. The van der Waals surface area contributed by atoms with Crippen molar-refractivity contribution in [3.63, 3.8) is 0 Å². The number of hydrogen-bond acceptors (Lipinski definition) is 2. The van der Waals surface area contributed by atoms with Gasteiger partial charge in [0, 0.05) is 6.61 Å². The van der Waals surface area contributed by atoms with Gasteiger partial charge in [-0.05, 0) is 70.1 Å². The molecule has 2 fully saturated rings. The average molecular weight is 250 g/mol. The lowest BCUT2D eigenvalue weighted by molar-refractivity contribution is -0.156. The molecule has 2 heteroatoms. The first-order valence-corrected chi connectivity index (χ1v) is 7.77. The Morgan fingerprint density at radius 3 is 2.89 bits per heavy atom. The van der Waals surface area contributed by atoms with Crippen molar-refractivity contribution in [2.75, 3.05) is 6.61 Å². The van der Waals surface area contributed by atoms with Crippen LogP contribution in [0.4, 0.5) is 0 Å². The summed E-state index contributed by atoms with van der Waals surface area (Å²) in [6.07, 6.45) is 14.1. The van der Waals surface area contributed by atoms with E-state index in [9.17, 15) is 5.11 Å². The molecule has 2 aliphatic carbocycles. The van der Waals surface area contributed by atoms with Crippen LogP contribution in [-0.2, 0) is 4.74 Å². The van der Waals surface area contributed by atoms with E-state index in [-0.39, 0.29) is 11.7 Å². The number of aliphatic hydroxyl groups is 1. The van der Waals surface area contributed by atoms with E-state index in [1.165, 1.54) is 50.5 Å². The average Bonchev–Trinajstić information content (AvgIpc) is 2.38. The quantitative estimate of drug-likeness (QED) is 0.776. The minimum absolute atomic E-state index is 0.129. The van der Waals surface area contributed by atoms with E-state index < -0.39 is 0 Å². The minimum Gasteiger partial charge on any atom is -0.393 e. The van der Waals surface area contributed by atoms with Crippen molar-refractivity contribution in [3.8, 4) is 0 Å². The van der Waals surface area contributed by atoms with E-state index in [2.05, 4.69) is 6.08 Å². The molecule has 1 saturated heterocycles. The van der Waals surface area contributed by atoms with Crippen LogP contribution in [0.3, 0.4) is 0 Å². The first kappa shape index (κ1) is 12.7. The first-order valence-electron chi connectivity index (χ1n) is 7.77. The van der Waals surface area contributed by atoms with Crippen molar-refractivity contribution in [2.45, 2.75) is 75.9 Å². The van der Waals surface area contributed by atoms with Crippen molar-refractivity contribution >= 4 is 0 Å². The van der Waals surface area contributed by atoms with Crippen LogP contribution in [0.25, 0.3) is 0 Å². The summed E-state index contributed by atoms with van der Waals surface area (Å²) in [5.74, 6) is 0.474. The van der Waals surface area contributed by atoms with Gasteiger partial charge in [-0.15, -0.1) is 0 Å². The van der Waals surface area contributed by atoms with Crippen LogP contribution < -0.4 is 0 Å². The summed E-state index contributed by atoms with van der Waals surface area (Å²) in [5.41, 5.74) is 1.67. The highest BCUT2D eigenvalue weighted by Gasteiger charge is 2.44. The Morgan fingerprint density at radius 1 is 1.33 bits per heavy atom. The van der Waals surface area contributed by atoms with Gasteiger partial charge in [0.25, 0.3) is 0 Å². The van der Waals surface area contributed by atoms with Gasteiger partial charge in [0.1, 0.15) is 0 Å². The number of allylic oxidation sites excluding steroid dienone is 1. The molecule has 2 nitrogen and oxygen atoms in total. The van der Waals surface area contributed by atoms with Gasteiger partial charge in [0.2, 0.25) is 0 Å². The van der Waals surface area contributed by atoms with E-state index in [4.69, 9.17) is 4.74 Å². The molecule has 0 radical (unpaired) electrons. The maximum atomic E-state index is 10.5. The lowest BCUT2D eigenvalue weighted by Crippen LogP contribution is -2.47. The number of rotatable bonds is 3. The molecule has 18 heavy (non-hydrogen) atoms. The van der Waals surface area contributed by atoms with Crippen molar-refractivity contribution in [3.05, 3.63) is 11.6 Å². The van der Waals surface area contributed by atoms with Crippen molar-refractivity contribution in [2.24, 2.45) is 5.92 Å². The lowest BCUT2D eigenvalue weighted by Gasteiger charge is -2.48. The molecule has 0 bridgehead atoms. The predicted octanol–water partition coefficient (Wildman–Crippen LogP) is 3.59. The Morgan fingerprint density at radius 2 is 2.22 bits per heavy atom. The number of ether oxygens (including phenoxy) is 1. The highest BCUT2D eigenvalue weighted by Crippen LogP contribution is 2.45. The third-order valence-corrected chi connectivity index (χ3v) is 5.20. The summed E-state index contributed by atoms with van der Waals surface area (Å²) in [4.78, 5) is 0. The van der Waals surface area contributed by atoms with E-state index >= 15 is 0 Å². The molecular weight excluding hydrogens is 224 g/mol. The summed E-state index contributed by atoms with van der Waals surface area (Å²) in [7, 11) is 0. The first-order chi connectivity index (χ1) is 8.77. The fourth-order valence-electron chi connectivity index (χ4n) is 3.84. The zero-order valence-corrected chi connectivity index (χ0v) is 11.4. The minimum atomic E-state index is -0.129. The Labute approximate surface area is 110 Å². The van der Waals surface area contributed by atoms with E-state index in [1.807, 2.05) is 0 Å². The molecule has 1 saturated carbocycles. The Balaban J connectivity index is 1.54. The van der Waals surface area contributed by atoms with Gasteiger partial charge in [-0.3, -0.25) is 0 Å². The number of aliphatic hydroxyl groups excluding tert-OH is 1. The van der Waals surface area contributed by atoms with Crippen LogP contribution in [-0.4, -0.2) is 23.4 Å². The second-order valence-electron chi connectivity index (χ2n) is 6.52. The Hall–Kier alpha value is -0.340. The summed E-state index contributed by atoms with van der Waals surface area (Å²) in [6, 6.07) is 0. The topological polar surface area (TPSA) is 29.5 Å². The largest absolute Gasteiger partial charge is 0.393 e. The fraction of sp³-hybridized carbons (Fsp3) is 0.875. The van der Waals surface area contributed by atoms with Crippen LogP contribution in [0.5, 0.6) is 0 Å². The number of hydrogen-bond donors (Lipinski definition) is 1. The standard InChI is InChI=1S/C16H26O2/c17-15(11-13-5-2-1-3-6-13)14-7-10-18-16(12-14)8-4-9-16/h5,14-15,17H,1-4,6-12H2. The molecule has 0 aromatic carbocycles. The van der Waals surface area contributed by atoms with Gasteiger partial charge in [-0.1, -0.05) is 11.6 Å². The highest BCUT2D eigenvalue weighted by atomic mass is 16.5. The SMILES string of the molecule is OC(CC1=CCCCC1)C1CCOC2(CCC2)C1. The van der Waals surface area contributed by atoms with E-state index in [1.54, 1.807) is 0 Å². The van der Waals surface area contributed by atoms with Gasteiger partial charge in [-0.2, -0.15) is 0 Å². The molecule has 1 N–H and O–H groups in total. The normalized spacial score (nSPS) is 32.7. The molecular formula is C16H26O2. The van der Waals surface area contributed by atoms with Crippen molar-refractivity contribution in [1.82, 2.24) is 0 Å². The second kappa shape index (κ2) is 5.34. The Bertz CT molecular complexity index is 317. The Kier molecular flexibility index (Phi) is 3.76. The lowest BCUT2D eigenvalue weighted by atomic mass is 9.70. The molecule has 102 valence electrons. The summed E-state index contributed by atoms with van der Waals surface area (Å²) >= 11 is 0. The molecule has 0 aromatic heterocycles. The molecule has 2 atom stereocenters. The van der Waals surface area contributed by atoms with E-state index in [0.29, 0.717) is 5.92 Å². The maximum Gasteiger partial charge on any atom is 0.0686 e. The van der Waals surface area contributed by atoms with E-state index in [0.717, 1.165) is 25.9 Å². The maximum absolute atomic E-state index is 10.5. The van der Waals surface area contributed by atoms with Gasteiger partial charge in [0.05, 0.1) is 11.7 Å². The van der Waals surface area contributed by atoms with Crippen LogP contribution in [0, 0.1) is 5.92 Å². The summed E-state index contributed by atoms with van der Waals surface area (Å²) in [6.45, 7) is 0.862. The molecule has 0 aromatic rings. The predicted molar refractivity (Wildman–Crippen MR) is 72.4 cm³/mol. The van der Waals surface area contributed by atoms with Gasteiger partial charge < -0.3 is 9.84 Å². The third kappa shape index (κ3) is 2.65. The molecule has 2 unspecified atom stereocenters. The third-order valence-electron chi connectivity index (χ3n) is 5.20. The van der Waals surface area contributed by atoms with Crippen molar-refractivity contribution < 1.29 is 9.84 Å². The smallest absolute Gasteiger partial charge is 0.0686 e. The van der Waals surface area contributed by atoms with Gasteiger partial charge in [0.15, 0.2) is 0 Å². The van der Waals surface area contributed by atoms with Crippen LogP contribution >= 0.6 is 0 Å². The molecule has 3 aliphatic rings. The second-order valence-corrected chi connectivity index (χ2v) is 6.52. The van der Waals surface area contributed by atoms with Crippen molar-refractivity contribution in [1.29, 1.82) is 0 Å². The zero-order valence-electron chi connectivity index (χ0n) is 11.4. The molecule has 1 heterocycles. The molecule has 0 amide bonds. The molecule has 3 rings (SSSR count). The molecule has 1 aliphatic heterocycles. The zero-order chi connectivity index (χ0) is 12.4. The molecule has 1 spiro atoms. The van der Waals surface area contributed by atoms with Crippen LogP contribution in [0.15, 0.2) is 11.6 Å².